The Labute approximate surface area is 117 Å². The van der Waals surface area contributed by atoms with Gasteiger partial charge >= 0.3 is 0 Å². The molecule has 0 saturated carbocycles. The monoisotopic (exact) mass is 295 g/mol. The van der Waals surface area contributed by atoms with Crippen molar-refractivity contribution in [1.82, 2.24) is 24.6 Å². The van der Waals surface area contributed by atoms with Crippen LogP contribution in [-0.4, -0.2) is 53.9 Å². The molecule has 0 unspecified atom stereocenters. The van der Waals surface area contributed by atoms with E-state index >= 15 is 0 Å². The molecule has 1 aromatic heterocycles. The minimum Gasteiger partial charge on any atom is -0.315 e. The van der Waals surface area contributed by atoms with E-state index < -0.39 is 10.0 Å². The van der Waals surface area contributed by atoms with Crippen molar-refractivity contribution in [1.29, 1.82) is 0 Å². The van der Waals surface area contributed by atoms with Crippen LogP contribution in [0.3, 0.4) is 0 Å². The van der Waals surface area contributed by atoms with Crippen LogP contribution >= 0.6 is 0 Å². The minimum absolute atomic E-state index is 0.241. The Morgan fingerprint density at radius 3 is 2.90 bits per heavy atom. The summed E-state index contributed by atoms with van der Waals surface area (Å²) in [5, 5.41) is 11.5. The summed E-state index contributed by atoms with van der Waals surface area (Å²) in [4.78, 5) is 1.64. The van der Waals surface area contributed by atoms with Crippen molar-refractivity contribution in [2.45, 2.75) is 11.3 Å². The number of fused-ring (bicyclic) bond motifs is 1. The van der Waals surface area contributed by atoms with E-state index in [2.05, 4.69) is 15.5 Å². The van der Waals surface area contributed by atoms with E-state index in [1.807, 2.05) is 0 Å². The standard InChI is InChI=1S/C12H17N5O2S/c1-16-14-10-4-2-5-11(12(10)15-16)20(18,19)17-8-3-6-13-7-9-17/h2,4-5,13H,3,6-9H2,1H3. The third-order valence-electron chi connectivity index (χ3n) is 3.39. The molecule has 1 aromatic carbocycles. The molecule has 8 heteroatoms. The Morgan fingerprint density at radius 1 is 1.20 bits per heavy atom. The lowest BCUT2D eigenvalue weighted by molar-refractivity contribution is 0.432. The van der Waals surface area contributed by atoms with Gasteiger partial charge in [-0.1, -0.05) is 6.07 Å². The largest absolute Gasteiger partial charge is 0.315 e. The third kappa shape index (κ3) is 2.30. The molecule has 0 radical (unpaired) electrons. The fraction of sp³-hybridized carbons (Fsp3) is 0.500. The average Bonchev–Trinajstić information content (AvgIpc) is 2.64. The topological polar surface area (TPSA) is 80.1 Å². The zero-order valence-corrected chi connectivity index (χ0v) is 12.1. The first-order valence-electron chi connectivity index (χ1n) is 6.60. The first-order valence-corrected chi connectivity index (χ1v) is 8.04. The average molecular weight is 295 g/mol. The second kappa shape index (κ2) is 5.12. The number of nitrogens with zero attached hydrogens (tertiary/aromatic N) is 4. The zero-order valence-electron chi connectivity index (χ0n) is 11.3. The van der Waals surface area contributed by atoms with E-state index in [-0.39, 0.29) is 4.90 Å². The molecule has 3 rings (SSSR count). The lowest BCUT2D eigenvalue weighted by Gasteiger charge is -2.19. The van der Waals surface area contributed by atoms with Gasteiger partial charge in [0.2, 0.25) is 10.0 Å². The van der Waals surface area contributed by atoms with Gasteiger partial charge in [0, 0.05) is 26.7 Å². The summed E-state index contributed by atoms with van der Waals surface area (Å²) in [7, 11) is -1.83. The van der Waals surface area contributed by atoms with Gasteiger partial charge < -0.3 is 5.32 Å². The maximum Gasteiger partial charge on any atom is 0.245 e. The molecule has 0 amide bonds. The molecule has 2 aromatic rings. The normalized spacial score (nSPS) is 18.2. The van der Waals surface area contributed by atoms with Crippen LogP contribution in [0, 0.1) is 0 Å². The highest BCUT2D eigenvalue weighted by Gasteiger charge is 2.28. The number of nitrogens with one attached hydrogen (secondary N) is 1. The zero-order chi connectivity index (χ0) is 14.2. The summed E-state index contributed by atoms with van der Waals surface area (Å²) >= 11 is 0. The number of rotatable bonds is 2. The van der Waals surface area contributed by atoms with Crippen LogP contribution in [0.2, 0.25) is 0 Å². The first kappa shape index (κ1) is 13.5. The smallest absolute Gasteiger partial charge is 0.245 e. The van der Waals surface area contributed by atoms with Crippen molar-refractivity contribution in [2.75, 3.05) is 26.2 Å². The number of aryl methyl sites for hydroxylation is 1. The van der Waals surface area contributed by atoms with Gasteiger partial charge in [-0.25, -0.2) is 8.42 Å². The molecule has 2 heterocycles. The minimum atomic E-state index is -3.52. The number of benzene rings is 1. The van der Waals surface area contributed by atoms with Gasteiger partial charge in [0.25, 0.3) is 0 Å². The highest BCUT2D eigenvalue weighted by Crippen LogP contribution is 2.23. The van der Waals surface area contributed by atoms with Crippen molar-refractivity contribution in [3.8, 4) is 0 Å². The molecule has 1 fully saturated rings. The highest BCUT2D eigenvalue weighted by atomic mass is 32.2. The lowest BCUT2D eigenvalue weighted by atomic mass is 10.3. The van der Waals surface area contributed by atoms with E-state index in [0.29, 0.717) is 30.7 Å². The van der Waals surface area contributed by atoms with E-state index in [1.54, 1.807) is 25.2 Å². The molecule has 0 aliphatic carbocycles. The summed E-state index contributed by atoms with van der Waals surface area (Å²) in [5.41, 5.74) is 1.04. The quantitative estimate of drug-likeness (QED) is 0.840. The number of hydrogen-bond donors (Lipinski definition) is 1. The highest BCUT2D eigenvalue weighted by molar-refractivity contribution is 7.89. The lowest BCUT2D eigenvalue weighted by Crippen LogP contribution is -2.34. The second-order valence-electron chi connectivity index (χ2n) is 4.82. The molecule has 0 spiro atoms. The van der Waals surface area contributed by atoms with E-state index in [1.165, 1.54) is 9.10 Å². The van der Waals surface area contributed by atoms with Crippen LogP contribution in [0.25, 0.3) is 11.0 Å². The summed E-state index contributed by atoms with van der Waals surface area (Å²) < 4.78 is 27.1. The molecule has 1 aliphatic rings. The molecule has 0 atom stereocenters. The Kier molecular flexibility index (Phi) is 3.45. The molecule has 108 valence electrons. The number of hydrogen-bond acceptors (Lipinski definition) is 5. The SMILES string of the molecule is Cn1nc2cccc(S(=O)(=O)N3CCCNCC3)c2n1. The van der Waals surface area contributed by atoms with Gasteiger partial charge in [0.15, 0.2) is 0 Å². The van der Waals surface area contributed by atoms with Gasteiger partial charge in [-0.2, -0.15) is 19.3 Å². The summed E-state index contributed by atoms with van der Waals surface area (Å²) in [6.07, 6.45) is 0.815. The molecule has 1 aliphatic heterocycles. The molecule has 0 bridgehead atoms. The van der Waals surface area contributed by atoms with Crippen LogP contribution in [0.15, 0.2) is 23.1 Å². The van der Waals surface area contributed by atoms with Gasteiger partial charge in [0.1, 0.15) is 15.9 Å². The Morgan fingerprint density at radius 2 is 2.05 bits per heavy atom. The molecule has 1 N–H and O–H groups in total. The van der Waals surface area contributed by atoms with Crippen LogP contribution < -0.4 is 5.32 Å². The summed E-state index contributed by atoms with van der Waals surface area (Å²) in [6, 6.07) is 5.08. The third-order valence-corrected chi connectivity index (χ3v) is 5.32. The fourth-order valence-electron chi connectivity index (χ4n) is 2.42. The molecule has 20 heavy (non-hydrogen) atoms. The maximum atomic E-state index is 12.8. The van der Waals surface area contributed by atoms with Crippen molar-refractivity contribution in [3.05, 3.63) is 18.2 Å². The second-order valence-corrected chi connectivity index (χ2v) is 6.73. The number of aromatic nitrogens is 3. The number of sulfonamides is 1. The van der Waals surface area contributed by atoms with E-state index in [4.69, 9.17) is 0 Å². The molecular weight excluding hydrogens is 278 g/mol. The van der Waals surface area contributed by atoms with Crippen molar-refractivity contribution < 1.29 is 8.42 Å². The van der Waals surface area contributed by atoms with Gasteiger partial charge in [-0.05, 0) is 25.1 Å². The van der Waals surface area contributed by atoms with E-state index in [0.717, 1.165) is 13.0 Å². The van der Waals surface area contributed by atoms with Crippen LogP contribution in [0.5, 0.6) is 0 Å². The summed E-state index contributed by atoms with van der Waals surface area (Å²) in [5.74, 6) is 0. The Hall–Kier alpha value is -1.51. The Bertz CT molecular complexity index is 717. The van der Waals surface area contributed by atoms with Crippen molar-refractivity contribution in [2.24, 2.45) is 7.05 Å². The van der Waals surface area contributed by atoms with Crippen LogP contribution in [0.4, 0.5) is 0 Å². The fourth-order valence-corrected chi connectivity index (χ4v) is 4.04. The van der Waals surface area contributed by atoms with Gasteiger partial charge in [-0.15, -0.1) is 0 Å². The van der Waals surface area contributed by atoms with E-state index in [9.17, 15) is 8.42 Å². The molecule has 1 saturated heterocycles. The maximum absolute atomic E-state index is 12.8. The van der Waals surface area contributed by atoms with Gasteiger partial charge in [-0.3, -0.25) is 0 Å². The first-order chi connectivity index (χ1) is 9.59. The van der Waals surface area contributed by atoms with Crippen LogP contribution in [-0.2, 0) is 17.1 Å². The van der Waals surface area contributed by atoms with Gasteiger partial charge in [0.05, 0.1) is 0 Å². The van der Waals surface area contributed by atoms with Crippen molar-refractivity contribution >= 4 is 21.1 Å². The predicted molar refractivity (Wildman–Crippen MR) is 74.8 cm³/mol. The summed E-state index contributed by atoms with van der Waals surface area (Å²) in [6.45, 7) is 2.54. The molecular formula is C12H17N5O2S. The van der Waals surface area contributed by atoms with Crippen molar-refractivity contribution in [3.63, 3.8) is 0 Å². The molecule has 7 nitrogen and oxygen atoms in total. The predicted octanol–water partition coefficient (Wildman–Crippen LogP) is -0.0477. The Balaban J connectivity index is 2.08. The van der Waals surface area contributed by atoms with Crippen LogP contribution in [0.1, 0.15) is 6.42 Å².